The number of benzene rings is 2. The molecule has 1 atom stereocenters. The summed E-state index contributed by atoms with van der Waals surface area (Å²) < 4.78 is 43.1. The Kier molecular flexibility index (Phi) is 7.04. The maximum Gasteiger partial charge on any atom is 0.416 e. The van der Waals surface area contributed by atoms with Gasteiger partial charge in [-0.05, 0) is 42.3 Å². The van der Waals surface area contributed by atoms with Crippen LogP contribution in [0.2, 0.25) is 4.34 Å². The fourth-order valence-corrected chi connectivity index (χ4v) is 5.77. The summed E-state index contributed by atoms with van der Waals surface area (Å²) in [6, 6.07) is 13.5. The first-order valence-electron chi connectivity index (χ1n) is 11.7. The van der Waals surface area contributed by atoms with Crippen LogP contribution in [0.4, 0.5) is 13.2 Å². The minimum absolute atomic E-state index is 0.0771. The fourth-order valence-electron chi connectivity index (χ4n) is 4.58. The fraction of sp³-hybridized carbons (Fsp3) is 0.185. The van der Waals surface area contributed by atoms with Crippen molar-refractivity contribution >= 4 is 40.7 Å². The van der Waals surface area contributed by atoms with Gasteiger partial charge in [-0.3, -0.25) is 24.0 Å². The highest BCUT2D eigenvalue weighted by molar-refractivity contribution is 7.18. The summed E-state index contributed by atoms with van der Waals surface area (Å²) in [6.45, 7) is -0.321. The quantitative estimate of drug-likeness (QED) is 0.298. The second-order valence-corrected chi connectivity index (χ2v) is 10.6. The van der Waals surface area contributed by atoms with Gasteiger partial charge in [-0.2, -0.15) is 18.3 Å². The molecule has 0 radical (unpaired) electrons. The first-order valence-corrected chi connectivity index (χ1v) is 12.9. The summed E-state index contributed by atoms with van der Waals surface area (Å²) in [5.74, 6) is -1.74. The van der Waals surface area contributed by atoms with Gasteiger partial charge in [0, 0.05) is 25.4 Å². The van der Waals surface area contributed by atoms with E-state index in [0.29, 0.717) is 15.6 Å². The molecule has 0 unspecified atom stereocenters. The molecule has 0 bridgehead atoms. The Morgan fingerprint density at radius 1 is 1.03 bits per heavy atom. The molecule has 5 rings (SSSR count). The standard InChI is InChI=1S/C27H20ClF3N4O3S/c1-34-21(10-11-32-34)19-13-22(39-23(19)28)24(36)33-16(12-15-6-2-5-9-20(15)27(29,30)31)14-35-25(37)17-7-3-4-8-18(17)26(35)38/h2-11,13,16H,12,14H2,1H3,(H,33,36)/t16-/m0/s1. The molecule has 1 N–H and O–H groups in total. The van der Waals surface area contributed by atoms with Gasteiger partial charge in [-0.25, -0.2) is 0 Å². The predicted octanol–water partition coefficient (Wildman–Crippen LogP) is 5.46. The van der Waals surface area contributed by atoms with Crippen LogP contribution in [0, 0.1) is 0 Å². The number of imide groups is 1. The summed E-state index contributed by atoms with van der Waals surface area (Å²) in [6.07, 6.45) is -3.32. The molecule has 1 aliphatic rings. The van der Waals surface area contributed by atoms with E-state index in [1.165, 1.54) is 30.3 Å². The monoisotopic (exact) mass is 572 g/mol. The van der Waals surface area contributed by atoms with Crippen LogP contribution in [-0.4, -0.2) is 45.0 Å². The molecule has 7 nitrogen and oxygen atoms in total. The van der Waals surface area contributed by atoms with Gasteiger partial charge in [-0.1, -0.05) is 41.9 Å². The molecular weight excluding hydrogens is 553 g/mol. The van der Waals surface area contributed by atoms with Crippen LogP contribution in [0.5, 0.6) is 0 Å². The maximum atomic E-state index is 13.7. The molecule has 2 aromatic carbocycles. The molecular formula is C27H20ClF3N4O3S. The molecule has 1 aliphatic heterocycles. The van der Waals surface area contributed by atoms with Gasteiger partial charge in [0.1, 0.15) is 4.34 Å². The molecule has 3 amide bonds. The number of carbonyl (C=O) groups is 3. The number of amides is 3. The van der Waals surface area contributed by atoms with Crippen molar-refractivity contribution in [2.75, 3.05) is 6.54 Å². The second kappa shape index (κ2) is 10.3. The van der Waals surface area contributed by atoms with Crippen LogP contribution in [0.1, 0.15) is 41.5 Å². The number of aromatic nitrogens is 2. The lowest BCUT2D eigenvalue weighted by molar-refractivity contribution is -0.138. The molecule has 12 heteroatoms. The Labute approximate surface area is 229 Å². The molecule has 200 valence electrons. The third kappa shape index (κ3) is 5.19. The van der Waals surface area contributed by atoms with Crippen LogP contribution in [0.3, 0.4) is 0 Å². The number of aryl methyl sites for hydroxylation is 1. The minimum Gasteiger partial charge on any atom is -0.346 e. The van der Waals surface area contributed by atoms with Crippen molar-refractivity contribution in [3.63, 3.8) is 0 Å². The third-order valence-corrected chi connectivity index (χ3v) is 7.77. The number of nitrogens with zero attached hydrogens (tertiary/aromatic N) is 3. The van der Waals surface area contributed by atoms with Crippen LogP contribution in [0.25, 0.3) is 11.3 Å². The lowest BCUT2D eigenvalue weighted by Gasteiger charge is -2.25. The molecule has 0 saturated carbocycles. The lowest BCUT2D eigenvalue weighted by Crippen LogP contribution is -2.47. The van der Waals surface area contributed by atoms with Crippen LogP contribution >= 0.6 is 22.9 Å². The molecule has 39 heavy (non-hydrogen) atoms. The van der Waals surface area contributed by atoms with E-state index < -0.39 is 35.5 Å². The third-order valence-electron chi connectivity index (χ3n) is 6.41. The highest BCUT2D eigenvalue weighted by Gasteiger charge is 2.38. The van der Waals surface area contributed by atoms with E-state index in [0.717, 1.165) is 22.3 Å². The van der Waals surface area contributed by atoms with Crippen molar-refractivity contribution in [3.8, 4) is 11.3 Å². The lowest BCUT2D eigenvalue weighted by atomic mass is 9.99. The molecule has 2 aromatic heterocycles. The zero-order valence-electron chi connectivity index (χ0n) is 20.3. The van der Waals surface area contributed by atoms with E-state index in [2.05, 4.69) is 10.4 Å². The van der Waals surface area contributed by atoms with Gasteiger partial charge >= 0.3 is 6.18 Å². The largest absolute Gasteiger partial charge is 0.416 e. The van der Waals surface area contributed by atoms with E-state index in [1.807, 2.05) is 0 Å². The Morgan fingerprint density at radius 3 is 2.28 bits per heavy atom. The first-order chi connectivity index (χ1) is 18.5. The number of thiophene rings is 1. The maximum absolute atomic E-state index is 13.7. The average molecular weight is 573 g/mol. The molecule has 0 aliphatic carbocycles. The van der Waals surface area contributed by atoms with Gasteiger partial charge in [0.25, 0.3) is 17.7 Å². The summed E-state index contributed by atoms with van der Waals surface area (Å²) in [4.78, 5) is 40.4. The molecule has 4 aromatic rings. The van der Waals surface area contributed by atoms with Gasteiger partial charge in [0.15, 0.2) is 0 Å². The van der Waals surface area contributed by atoms with Crippen LogP contribution in [-0.2, 0) is 19.6 Å². The van der Waals surface area contributed by atoms with Crippen molar-refractivity contribution < 1.29 is 27.6 Å². The van der Waals surface area contributed by atoms with E-state index in [-0.39, 0.29) is 34.5 Å². The SMILES string of the molecule is Cn1nccc1-c1cc(C(=O)N[C@@H](Cc2ccccc2C(F)(F)F)CN2C(=O)c3ccccc3C2=O)sc1Cl. The molecule has 0 saturated heterocycles. The Morgan fingerprint density at radius 2 is 1.67 bits per heavy atom. The molecule has 0 fully saturated rings. The van der Waals surface area contributed by atoms with Crippen LogP contribution < -0.4 is 5.32 Å². The number of hydrogen-bond donors (Lipinski definition) is 1. The van der Waals surface area contributed by atoms with E-state index in [4.69, 9.17) is 11.6 Å². The number of halogens is 4. The highest BCUT2D eigenvalue weighted by atomic mass is 35.5. The number of nitrogens with one attached hydrogen (secondary N) is 1. The Hall–Kier alpha value is -3.96. The van der Waals surface area contributed by atoms with E-state index in [1.54, 1.807) is 42.2 Å². The smallest absolute Gasteiger partial charge is 0.346 e. The predicted molar refractivity (Wildman–Crippen MR) is 140 cm³/mol. The first kappa shape index (κ1) is 26.6. The van der Waals surface area contributed by atoms with E-state index in [9.17, 15) is 27.6 Å². The minimum atomic E-state index is -4.63. The van der Waals surface area contributed by atoms with Crippen molar-refractivity contribution in [2.45, 2.75) is 18.6 Å². The summed E-state index contributed by atoms with van der Waals surface area (Å²) in [5, 5.41) is 6.83. The highest BCUT2D eigenvalue weighted by Crippen LogP contribution is 2.36. The summed E-state index contributed by atoms with van der Waals surface area (Å²) in [7, 11) is 1.72. The topological polar surface area (TPSA) is 84.3 Å². The van der Waals surface area contributed by atoms with Gasteiger partial charge < -0.3 is 5.32 Å². The van der Waals surface area contributed by atoms with Crippen molar-refractivity contribution in [1.29, 1.82) is 0 Å². The number of hydrogen-bond acceptors (Lipinski definition) is 5. The van der Waals surface area contributed by atoms with Gasteiger partial charge in [0.2, 0.25) is 0 Å². The Bertz CT molecular complexity index is 1560. The number of alkyl halides is 3. The average Bonchev–Trinajstić information content (AvgIpc) is 3.56. The van der Waals surface area contributed by atoms with Gasteiger partial charge in [0.05, 0.1) is 33.3 Å². The van der Waals surface area contributed by atoms with E-state index >= 15 is 0 Å². The van der Waals surface area contributed by atoms with Gasteiger partial charge in [-0.15, -0.1) is 11.3 Å². The number of carbonyl (C=O) groups excluding carboxylic acids is 3. The zero-order chi connectivity index (χ0) is 27.9. The summed E-state index contributed by atoms with van der Waals surface area (Å²) in [5.41, 5.74) is 0.724. The molecule has 3 heterocycles. The number of fused-ring (bicyclic) bond motifs is 1. The zero-order valence-corrected chi connectivity index (χ0v) is 21.9. The van der Waals surface area contributed by atoms with Crippen molar-refractivity contribution in [3.05, 3.63) is 98.3 Å². The number of rotatable bonds is 7. The van der Waals surface area contributed by atoms with Crippen LogP contribution in [0.15, 0.2) is 66.9 Å². The van der Waals surface area contributed by atoms with Crippen molar-refractivity contribution in [1.82, 2.24) is 20.0 Å². The summed E-state index contributed by atoms with van der Waals surface area (Å²) >= 11 is 7.40. The Balaban J connectivity index is 1.45. The second-order valence-electron chi connectivity index (χ2n) is 8.93. The normalized spacial score (nSPS) is 14.0. The van der Waals surface area contributed by atoms with Crippen molar-refractivity contribution in [2.24, 2.45) is 7.05 Å². The molecule has 0 spiro atoms.